The number of rotatable bonds is 3. The summed E-state index contributed by atoms with van der Waals surface area (Å²) in [5, 5.41) is 2.94. The van der Waals surface area contributed by atoms with Crippen molar-refractivity contribution < 1.29 is 19.1 Å². The number of ether oxygens (including phenoxy) is 2. The van der Waals surface area contributed by atoms with Gasteiger partial charge in [-0.05, 0) is 40.2 Å². The Kier molecular flexibility index (Phi) is 4.55. The van der Waals surface area contributed by atoms with Gasteiger partial charge in [-0.1, -0.05) is 12.1 Å². The summed E-state index contributed by atoms with van der Waals surface area (Å²) < 4.78 is 11.8. The topological polar surface area (TPSA) is 67.9 Å². The number of nitrogens with one attached hydrogen (secondary N) is 1. The first-order valence-corrected chi connectivity index (χ1v) is 9.16. The van der Waals surface area contributed by atoms with Gasteiger partial charge in [0.15, 0.2) is 11.5 Å². The Morgan fingerprint density at radius 1 is 1.12 bits per heavy atom. The third-order valence-electron chi connectivity index (χ3n) is 4.42. The van der Waals surface area contributed by atoms with Gasteiger partial charge in [0.25, 0.3) is 5.91 Å². The molecule has 6 nitrogen and oxygen atoms in total. The summed E-state index contributed by atoms with van der Waals surface area (Å²) in [5.74, 6) is 1.10. The van der Waals surface area contributed by atoms with Gasteiger partial charge < -0.3 is 19.7 Å². The zero-order valence-electron chi connectivity index (χ0n) is 13.9. The predicted molar refractivity (Wildman–Crippen MR) is 99.8 cm³/mol. The molecule has 1 saturated heterocycles. The summed E-state index contributed by atoms with van der Waals surface area (Å²) in [6.45, 7) is 1.45. The number of fused-ring (bicyclic) bond motifs is 1. The zero-order valence-corrected chi connectivity index (χ0v) is 15.5. The largest absolute Gasteiger partial charge is 0.486 e. The summed E-state index contributed by atoms with van der Waals surface area (Å²) in [6.07, 6.45) is 0.268. The van der Waals surface area contributed by atoms with Crippen LogP contribution < -0.4 is 19.7 Å². The van der Waals surface area contributed by atoms with Gasteiger partial charge in [0.1, 0.15) is 13.2 Å². The average Bonchev–Trinajstić information content (AvgIpc) is 3.01. The lowest BCUT2D eigenvalue weighted by atomic mass is 10.2. The van der Waals surface area contributed by atoms with Gasteiger partial charge in [-0.3, -0.25) is 9.59 Å². The lowest BCUT2D eigenvalue weighted by Gasteiger charge is -2.22. The van der Waals surface area contributed by atoms with Crippen LogP contribution in [-0.4, -0.2) is 37.6 Å². The summed E-state index contributed by atoms with van der Waals surface area (Å²) >= 11 is 3.38. The van der Waals surface area contributed by atoms with Crippen LogP contribution in [0.5, 0.6) is 11.5 Å². The lowest BCUT2D eigenvalue weighted by Crippen LogP contribution is -2.37. The minimum Gasteiger partial charge on any atom is -0.486 e. The van der Waals surface area contributed by atoms with Crippen LogP contribution in [0.2, 0.25) is 0 Å². The Morgan fingerprint density at radius 2 is 1.88 bits per heavy atom. The molecule has 2 heterocycles. The van der Waals surface area contributed by atoms with Crippen LogP contribution >= 0.6 is 15.9 Å². The van der Waals surface area contributed by atoms with Crippen molar-refractivity contribution in [2.45, 2.75) is 12.5 Å². The van der Waals surface area contributed by atoms with Crippen LogP contribution in [0.25, 0.3) is 0 Å². The highest BCUT2D eigenvalue weighted by molar-refractivity contribution is 9.10. The smallest absolute Gasteiger partial charge is 0.252 e. The van der Waals surface area contributed by atoms with Crippen molar-refractivity contribution in [3.8, 4) is 11.5 Å². The third-order valence-corrected chi connectivity index (χ3v) is 5.11. The van der Waals surface area contributed by atoms with E-state index in [2.05, 4.69) is 21.2 Å². The van der Waals surface area contributed by atoms with E-state index in [0.29, 0.717) is 36.8 Å². The second kappa shape index (κ2) is 6.99. The van der Waals surface area contributed by atoms with Crippen molar-refractivity contribution in [1.29, 1.82) is 0 Å². The summed E-state index contributed by atoms with van der Waals surface area (Å²) in [4.78, 5) is 26.6. The Morgan fingerprint density at radius 3 is 2.69 bits per heavy atom. The summed E-state index contributed by atoms with van der Waals surface area (Å²) in [7, 11) is 0. The zero-order chi connectivity index (χ0) is 18.1. The van der Waals surface area contributed by atoms with Crippen molar-refractivity contribution >= 4 is 33.4 Å². The number of anilines is 1. The molecular formula is C19H17BrN2O4. The second-order valence-corrected chi connectivity index (χ2v) is 7.04. The fraction of sp³-hybridized carbons (Fsp3) is 0.263. The Labute approximate surface area is 159 Å². The fourth-order valence-electron chi connectivity index (χ4n) is 3.16. The number of hydrogen-bond acceptors (Lipinski definition) is 4. The summed E-state index contributed by atoms with van der Waals surface area (Å²) in [5.41, 5.74) is 1.30. The first-order valence-electron chi connectivity index (χ1n) is 8.37. The van der Waals surface area contributed by atoms with Gasteiger partial charge in [0.05, 0.1) is 11.6 Å². The van der Waals surface area contributed by atoms with Crippen molar-refractivity contribution in [3.05, 3.63) is 52.5 Å². The van der Waals surface area contributed by atoms with Crippen LogP contribution in [0.3, 0.4) is 0 Å². The second-order valence-electron chi connectivity index (χ2n) is 6.19. The van der Waals surface area contributed by atoms with E-state index in [1.807, 2.05) is 30.3 Å². The van der Waals surface area contributed by atoms with E-state index >= 15 is 0 Å². The van der Waals surface area contributed by atoms with Gasteiger partial charge in [-0.2, -0.15) is 0 Å². The number of benzene rings is 2. The SMILES string of the molecule is O=C(NC1CC(=O)N(c2ccc3c(c2)OCCO3)C1)c1ccccc1Br. The van der Waals surface area contributed by atoms with Crippen molar-refractivity contribution in [1.82, 2.24) is 5.32 Å². The highest BCUT2D eigenvalue weighted by Gasteiger charge is 2.32. The third kappa shape index (κ3) is 3.26. The number of nitrogens with zero attached hydrogens (tertiary/aromatic N) is 1. The van der Waals surface area contributed by atoms with Gasteiger partial charge in [-0.25, -0.2) is 0 Å². The first kappa shape index (κ1) is 16.9. The van der Waals surface area contributed by atoms with Crippen LogP contribution in [-0.2, 0) is 4.79 Å². The van der Waals surface area contributed by atoms with E-state index in [0.717, 1.165) is 10.2 Å². The maximum Gasteiger partial charge on any atom is 0.252 e. The Bertz CT molecular complexity index is 870. The molecule has 0 saturated carbocycles. The molecule has 1 unspecified atom stereocenters. The van der Waals surface area contributed by atoms with Gasteiger partial charge in [0, 0.05) is 29.2 Å². The van der Waals surface area contributed by atoms with Crippen molar-refractivity contribution in [2.75, 3.05) is 24.7 Å². The van der Waals surface area contributed by atoms with Crippen LogP contribution in [0.4, 0.5) is 5.69 Å². The molecule has 0 bridgehead atoms. The molecule has 134 valence electrons. The molecular weight excluding hydrogens is 400 g/mol. The standard InChI is InChI=1S/C19H17BrN2O4/c20-15-4-2-1-3-14(15)19(24)21-12-9-18(23)22(11-12)13-5-6-16-17(10-13)26-8-7-25-16/h1-6,10,12H,7-9,11H2,(H,21,24). The molecule has 0 aliphatic carbocycles. The molecule has 7 heteroatoms. The first-order chi connectivity index (χ1) is 12.6. The van der Waals surface area contributed by atoms with Crippen LogP contribution in [0.15, 0.2) is 46.9 Å². The maximum absolute atomic E-state index is 12.5. The fourth-order valence-corrected chi connectivity index (χ4v) is 3.63. The van der Waals surface area contributed by atoms with Crippen LogP contribution in [0.1, 0.15) is 16.8 Å². The molecule has 2 aromatic rings. The molecule has 2 aromatic carbocycles. The average molecular weight is 417 g/mol. The number of amides is 2. The van der Waals surface area contributed by atoms with Crippen molar-refractivity contribution in [2.24, 2.45) is 0 Å². The quantitative estimate of drug-likeness (QED) is 0.834. The van der Waals surface area contributed by atoms with Gasteiger partial charge in [0.2, 0.25) is 5.91 Å². The lowest BCUT2D eigenvalue weighted by molar-refractivity contribution is -0.117. The molecule has 1 N–H and O–H groups in total. The normalized spacial score (nSPS) is 18.7. The molecule has 4 rings (SSSR count). The Hall–Kier alpha value is -2.54. The number of carbonyl (C=O) groups is 2. The van der Waals surface area contributed by atoms with E-state index in [9.17, 15) is 9.59 Å². The Balaban J connectivity index is 1.47. The van der Waals surface area contributed by atoms with E-state index in [4.69, 9.17) is 9.47 Å². The van der Waals surface area contributed by atoms with E-state index in [-0.39, 0.29) is 24.3 Å². The van der Waals surface area contributed by atoms with E-state index < -0.39 is 0 Å². The monoisotopic (exact) mass is 416 g/mol. The number of halogens is 1. The molecule has 1 fully saturated rings. The minimum atomic E-state index is -0.240. The number of hydrogen-bond donors (Lipinski definition) is 1. The van der Waals surface area contributed by atoms with Crippen molar-refractivity contribution in [3.63, 3.8) is 0 Å². The molecule has 0 spiro atoms. The van der Waals surface area contributed by atoms with E-state index in [1.165, 1.54) is 0 Å². The highest BCUT2D eigenvalue weighted by atomic mass is 79.9. The van der Waals surface area contributed by atoms with Crippen LogP contribution in [0, 0.1) is 0 Å². The molecule has 26 heavy (non-hydrogen) atoms. The molecule has 2 amide bonds. The summed E-state index contributed by atoms with van der Waals surface area (Å²) in [6, 6.07) is 12.4. The highest BCUT2D eigenvalue weighted by Crippen LogP contribution is 2.35. The maximum atomic E-state index is 12.5. The van der Waals surface area contributed by atoms with E-state index in [1.54, 1.807) is 17.0 Å². The minimum absolute atomic E-state index is 0.0286. The molecule has 0 radical (unpaired) electrons. The molecule has 0 aromatic heterocycles. The van der Waals surface area contributed by atoms with Gasteiger partial charge >= 0.3 is 0 Å². The van der Waals surface area contributed by atoms with Gasteiger partial charge in [-0.15, -0.1) is 0 Å². The molecule has 1 atom stereocenters. The molecule has 2 aliphatic rings. The molecule has 2 aliphatic heterocycles. The number of carbonyl (C=O) groups excluding carboxylic acids is 2. The predicted octanol–water partition coefficient (Wildman–Crippen LogP) is 2.76.